The molecule has 1 unspecified atom stereocenters. The quantitative estimate of drug-likeness (QED) is 0.532. The molecule has 2 aromatic heterocycles. The van der Waals surface area contributed by atoms with Crippen molar-refractivity contribution < 1.29 is 4.79 Å². The van der Waals surface area contributed by atoms with Gasteiger partial charge in [-0.2, -0.15) is 0 Å². The van der Waals surface area contributed by atoms with Crippen LogP contribution in [0.1, 0.15) is 47.9 Å². The zero-order valence-corrected chi connectivity index (χ0v) is 18.5. The monoisotopic (exact) mass is 443 g/mol. The maximum absolute atomic E-state index is 11.9. The van der Waals surface area contributed by atoms with E-state index in [1.807, 2.05) is 24.3 Å². The summed E-state index contributed by atoms with van der Waals surface area (Å²) in [5, 5.41) is 7.61. The van der Waals surface area contributed by atoms with E-state index < -0.39 is 0 Å². The van der Waals surface area contributed by atoms with E-state index in [9.17, 15) is 4.79 Å². The Hall–Kier alpha value is -2.06. The molecule has 8 heteroatoms. The Labute approximate surface area is 185 Å². The smallest absolute Gasteiger partial charge is 0.251 e. The van der Waals surface area contributed by atoms with Gasteiger partial charge in [-0.25, -0.2) is 9.97 Å². The van der Waals surface area contributed by atoms with Crippen LogP contribution in [0.15, 0.2) is 30.5 Å². The first-order chi connectivity index (χ1) is 14.5. The van der Waals surface area contributed by atoms with Crippen molar-refractivity contribution in [2.24, 2.45) is 11.7 Å². The minimum Gasteiger partial charge on any atom is -0.355 e. The number of hydrogen-bond acceptors (Lipinski definition) is 6. The van der Waals surface area contributed by atoms with Crippen LogP contribution in [0.2, 0.25) is 5.02 Å². The van der Waals surface area contributed by atoms with Crippen molar-refractivity contribution in [3.63, 3.8) is 0 Å². The predicted molar refractivity (Wildman–Crippen MR) is 123 cm³/mol. The van der Waals surface area contributed by atoms with E-state index in [1.54, 1.807) is 24.6 Å². The highest BCUT2D eigenvalue weighted by Crippen LogP contribution is 2.36. The molecule has 6 nitrogen and oxygen atoms in total. The summed E-state index contributed by atoms with van der Waals surface area (Å²) >= 11 is 8.00. The van der Waals surface area contributed by atoms with E-state index in [0.29, 0.717) is 22.1 Å². The molecule has 0 spiro atoms. The van der Waals surface area contributed by atoms with E-state index in [0.717, 1.165) is 46.8 Å². The molecule has 1 aromatic carbocycles. The molecule has 1 saturated heterocycles. The number of benzene rings is 1. The fraction of sp³-hybridized carbons (Fsp3) is 0.409. The lowest BCUT2D eigenvalue weighted by Gasteiger charge is -2.23. The molecule has 30 heavy (non-hydrogen) atoms. The van der Waals surface area contributed by atoms with Crippen molar-refractivity contribution in [2.75, 3.05) is 20.1 Å². The summed E-state index contributed by atoms with van der Waals surface area (Å²) in [5.41, 5.74) is 7.76. The number of amides is 1. The molecule has 1 atom stereocenters. The first kappa shape index (κ1) is 21.2. The Bertz CT molecular complexity index is 1050. The van der Waals surface area contributed by atoms with Gasteiger partial charge >= 0.3 is 0 Å². The second-order valence-electron chi connectivity index (χ2n) is 7.74. The molecule has 0 saturated carbocycles. The summed E-state index contributed by atoms with van der Waals surface area (Å²) in [6.45, 7) is 2.18. The number of rotatable bonds is 6. The van der Waals surface area contributed by atoms with Crippen LogP contribution in [0.4, 0.5) is 0 Å². The zero-order valence-electron chi connectivity index (χ0n) is 17.0. The number of carbonyl (C=O) groups excluding carboxylic acids is 1. The molecule has 0 radical (unpaired) electrons. The largest absolute Gasteiger partial charge is 0.355 e. The van der Waals surface area contributed by atoms with Crippen LogP contribution >= 0.6 is 22.9 Å². The van der Waals surface area contributed by atoms with Gasteiger partial charge in [0.1, 0.15) is 11.5 Å². The molecule has 3 heterocycles. The van der Waals surface area contributed by atoms with Gasteiger partial charge in [-0.05, 0) is 68.3 Å². The molecule has 1 amide bonds. The van der Waals surface area contributed by atoms with Crippen LogP contribution < -0.4 is 16.4 Å². The fourth-order valence-electron chi connectivity index (χ4n) is 3.88. The summed E-state index contributed by atoms with van der Waals surface area (Å²) in [4.78, 5) is 22.0. The second-order valence-corrected chi connectivity index (χ2v) is 9.24. The van der Waals surface area contributed by atoms with Crippen LogP contribution in [-0.2, 0) is 0 Å². The first-order valence-corrected chi connectivity index (χ1v) is 11.5. The molecule has 1 aliphatic heterocycles. The lowest BCUT2D eigenvalue weighted by Crippen LogP contribution is -2.28. The third-order valence-corrected chi connectivity index (χ3v) is 7.06. The Morgan fingerprint density at radius 2 is 2.17 bits per heavy atom. The third kappa shape index (κ3) is 4.64. The van der Waals surface area contributed by atoms with Crippen molar-refractivity contribution in [1.82, 2.24) is 20.6 Å². The normalized spacial score (nSPS) is 16.0. The number of thiophene rings is 1. The molecular formula is C22H26ClN5OS. The Morgan fingerprint density at radius 1 is 1.37 bits per heavy atom. The minimum absolute atomic E-state index is 0.103. The highest BCUT2D eigenvalue weighted by molar-refractivity contribution is 7.22. The van der Waals surface area contributed by atoms with Crippen LogP contribution in [0, 0.1) is 5.92 Å². The molecule has 4 N–H and O–H groups in total. The molecule has 1 aliphatic rings. The van der Waals surface area contributed by atoms with E-state index in [4.69, 9.17) is 22.3 Å². The number of halogens is 1. The lowest BCUT2D eigenvalue weighted by molar-refractivity contribution is 0.0963. The number of hydrogen-bond donors (Lipinski definition) is 3. The lowest BCUT2D eigenvalue weighted by atomic mass is 9.91. The highest BCUT2D eigenvalue weighted by Gasteiger charge is 2.19. The van der Waals surface area contributed by atoms with E-state index in [-0.39, 0.29) is 11.9 Å². The number of piperidine rings is 1. The Kier molecular flexibility index (Phi) is 6.63. The van der Waals surface area contributed by atoms with Crippen LogP contribution in [0.5, 0.6) is 0 Å². The molecule has 1 fully saturated rings. The topological polar surface area (TPSA) is 92.9 Å². The molecule has 0 aliphatic carbocycles. The van der Waals surface area contributed by atoms with Crippen molar-refractivity contribution in [2.45, 2.75) is 31.7 Å². The molecule has 0 bridgehead atoms. The third-order valence-electron chi connectivity index (χ3n) is 5.68. The van der Waals surface area contributed by atoms with Gasteiger partial charge in [0.05, 0.1) is 15.9 Å². The van der Waals surface area contributed by atoms with Gasteiger partial charge in [0.25, 0.3) is 5.91 Å². The second kappa shape index (κ2) is 9.39. The number of fused-ring (bicyclic) bond motifs is 1. The Morgan fingerprint density at radius 3 is 2.93 bits per heavy atom. The van der Waals surface area contributed by atoms with Crippen LogP contribution in [0.25, 0.3) is 20.7 Å². The van der Waals surface area contributed by atoms with E-state index >= 15 is 0 Å². The van der Waals surface area contributed by atoms with Gasteiger partial charge in [-0.1, -0.05) is 17.7 Å². The summed E-state index contributed by atoms with van der Waals surface area (Å²) < 4.78 is 1.01. The highest BCUT2D eigenvalue weighted by atomic mass is 35.5. The summed E-state index contributed by atoms with van der Waals surface area (Å²) in [5.74, 6) is 1.25. The van der Waals surface area contributed by atoms with Gasteiger partial charge < -0.3 is 16.4 Å². The van der Waals surface area contributed by atoms with Gasteiger partial charge in [-0.15, -0.1) is 11.3 Å². The molecular weight excluding hydrogens is 418 g/mol. The summed E-state index contributed by atoms with van der Waals surface area (Å²) in [6.07, 6.45) is 6.02. The predicted octanol–water partition coefficient (Wildman–Crippen LogP) is 4.15. The van der Waals surface area contributed by atoms with Crippen molar-refractivity contribution >= 4 is 38.9 Å². The Balaban J connectivity index is 1.55. The van der Waals surface area contributed by atoms with E-state index in [2.05, 4.69) is 15.6 Å². The van der Waals surface area contributed by atoms with Crippen molar-refractivity contribution in [3.8, 4) is 10.6 Å². The minimum atomic E-state index is -0.204. The fourth-order valence-corrected chi connectivity index (χ4v) is 5.24. The average molecular weight is 444 g/mol. The number of aromatic nitrogens is 2. The van der Waals surface area contributed by atoms with Crippen molar-refractivity contribution in [3.05, 3.63) is 46.9 Å². The number of nitrogens with one attached hydrogen (secondary N) is 2. The first-order valence-electron chi connectivity index (χ1n) is 10.3. The number of carbonyl (C=O) groups is 1. The average Bonchev–Trinajstić information content (AvgIpc) is 3.21. The van der Waals surface area contributed by atoms with Crippen LogP contribution in [0.3, 0.4) is 0 Å². The zero-order chi connectivity index (χ0) is 21.1. The van der Waals surface area contributed by atoms with E-state index in [1.165, 1.54) is 12.8 Å². The SMILES string of the molecule is CNC(=O)c1ccc2cc(-c3nc(C(N)CCC4CCNCC4)ncc3Cl)sc2c1. The summed E-state index contributed by atoms with van der Waals surface area (Å²) in [7, 11) is 1.63. The maximum Gasteiger partial charge on any atom is 0.251 e. The standard InChI is InChI=1S/C22H26ClN5OS/c1-25-22(29)15-4-3-14-10-19(30-18(14)11-15)20-16(23)12-27-21(28-20)17(24)5-2-13-6-8-26-9-7-13/h3-4,10-13,17,26H,2,5-9,24H2,1H3,(H,25,29). The van der Waals surface area contributed by atoms with Crippen LogP contribution in [-0.4, -0.2) is 36.0 Å². The molecule has 158 valence electrons. The maximum atomic E-state index is 11.9. The summed E-state index contributed by atoms with van der Waals surface area (Å²) in [6, 6.07) is 7.50. The van der Waals surface area contributed by atoms with Crippen molar-refractivity contribution in [1.29, 1.82) is 0 Å². The van der Waals surface area contributed by atoms with Gasteiger partial charge in [0.15, 0.2) is 0 Å². The van der Waals surface area contributed by atoms with Gasteiger partial charge in [0, 0.05) is 23.5 Å². The molecule has 4 rings (SSSR count). The number of nitrogens with two attached hydrogens (primary N) is 1. The van der Waals surface area contributed by atoms with Gasteiger partial charge in [0.2, 0.25) is 0 Å². The van der Waals surface area contributed by atoms with Gasteiger partial charge in [-0.3, -0.25) is 4.79 Å². The number of nitrogens with zero attached hydrogens (tertiary/aromatic N) is 2. The molecule has 3 aromatic rings.